The van der Waals surface area contributed by atoms with Crippen LogP contribution in [0.15, 0.2) is 0 Å². The average molecular weight is 244 g/mol. The molecule has 0 fully saturated rings. The quantitative estimate of drug-likeness (QED) is 0.466. The third-order valence-electron chi connectivity index (χ3n) is 0. The second-order valence-electron chi connectivity index (χ2n) is 0.448. The molecule has 0 aliphatic carbocycles. The maximum atomic E-state index is 8.74. The molecule has 0 aromatic heterocycles. The van der Waals surface area contributed by atoms with Gasteiger partial charge in [-0.15, -0.1) is 0 Å². The Bertz CT molecular complexity index is 99.2. The molecular weight excluding hydrogens is 242 g/mol. The summed E-state index contributed by atoms with van der Waals surface area (Å²) >= 11 is 2.41. The van der Waals surface area contributed by atoms with E-state index in [1.165, 1.54) is 0 Å². The topological polar surface area (TPSA) is 74.6 Å². The Morgan fingerprint density at radius 3 is 1.25 bits per heavy atom. The van der Waals surface area contributed by atoms with Crippen LogP contribution in [0.25, 0.3) is 0 Å². The fourth-order valence-electron chi connectivity index (χ4n) is 0. The van der Waals surface area contributed by atoms with Crippen LogP contribution >= 0.6 is 10.1 Å². The first kappa shape index (κ1) is 16.1. The largest absolute Gasteiger partial charge is 0 e. The summed E-state index contributed by atoms with van der Waals surface area (Å²) in [5.74, 6) is 0. The zero-order valence-corrected chi connectivity index (χ0v) is 7.09. The molecule has 54 valence electrons. The van der Waals surface area contributed by atoms with Gasteiger partial charge in [-0.3, -0.25) is 9.11 Å². The Balaban J connectivity index is -0.0000000750. The van der Waals surface area contributed by atoms with Crippen LogP contribution in [-0.4, -0.2) is 17.5 Å². The molecule has 0 aliphatic rings. The van der Waals surface area contributed by atoms with E-state index >= 15 is 0 Å². The van der Waals surface area contributed by atoms with Crippen molar-refractivity contribution in [2.75, 3.05) is 0 Å². The summed E-state index contributed by atoms with van der Waals surface area (Å²) in [6.07, 6.45) is 0. The van der Waals surface area contributed by atoms with Crippen LogP contribution in [0.5, 0.6) is 0 Å². The summed E-state index contributed by atoms with van der Waals surface area (Å²) in [6, 6.07) is 0. The van der Waals surface area contributed by atoms with Crippen LogP contribution in [-0.2, 0) is 42.6 Å². The van der Waals surface area contributed by atoms with Crippen LogP contribution in [0, 0.1) is 0 Å². The smallest absolute Gasteiger partial charge is 0 e. The van der Waals surface area contributed by atoms with Crippen LogP contribution in [0.2, 0.25) is 0 Å². The SMILES string of the molecule is O=S(=O)(O)O.[Cl][Mn].[Fe]. The Labute approximate surface area is 70.1 Å². The summed E-state index contributed by atoms with van der Waals surface area (Å²) in [4.78, 5) is 0. The molecule has 0 aromatic carbocycles. The molecule has 8 heteroatoms. The van der Waals surface area contributed by atoms with E-state index in [-0.39, 0.29) is 17.1 Å². The van der Waals surface area contributed by atoms with E-state index in [9.17, 15) is 0 Å². The second-order valence-corrected chi connectivity index (χ2v) is 1.34. The molecule has 0 saturated carbocycles. The predicted molar refractivity (Wildman–Crippen MR) is 20.0 cm³/mol. The maximum absolute atomic E-state index is 8.74. The third kappa shape index (κ3) is 192. The van der Waals surface area contributed by atoms with Crippen molar-refractivity contribution in [1.82, 2.24) is 0 Å². The van der Waals surface area contributed by atoms with Gasteiger partial charge in [0.25, 0.3) is 0 Å². The Hall–Kier alpha value is 1.20. The van der Waals surface area contributed by atoms with Crippen LogP contribution in [0.4, 0.5) is 0 Å². The van der Waals surface area contributed by atoms with Crippen molar-refractivity contribution in [3.05, 3.63) is 0 Å². The summed E-state index contributed by atoms with van der Waals surface area (Å²) in [7, 11) is -0.215. The molecule has 8 heavy (non-hydrogen) atoms. The van der Waals surface area contributed by atoms with Crippen LogP contribution in [0.1, 0.15) is 0 Å². The van der Waals surface area contributed by atoms with E-state index < -0.39 is 10.4 Å². The standard InChI is InChI=1S/ClH.Fe.Mn.H2O4S/c;;;1-5(2,3)4/h1H;;;(H2,1,2,3,4)/q;;+1;/p-1. The zero-order valence-electron chi connectivity index (χ0n) is 3.23. The first-order chi connectivity index (χ1) is 3.00. The summed E-state index contributed by atoms with van der Waals surface area (Å²) in [6.45, 7) is 0. The third-order valence-corrected chi connectivity index (χ3v) is 0. The summed E-state index contributed by atoms with van der Waals surface area (Å²) in [5, 5.41) is 0. The molecule has 2 N–H and O–H groups in total. The first-order valence-electron chi connectivity index (χ1n) is 0.841. The molecule has 0 bridgehead atoms. The number of hydrogen-bond acceptors (Lipinski definition) is 2. The zero-order chi connectivity index (χ0) is 6.50. The van der Waals surface area contributed by atoms with E-state index in [1.807, 2.05) is 0 Å². The van der Waals surface area contributed by atoms with E-state index in [0.717, 1.165) is 0 Å². The number of rotatable bonds is 0. The van der Waals surface area contributed by atoms with Crippen LogP contribution < -0.4 is 0 Å². The molecule has 0 heterocycles. The molecule has 0 saturated heterocycles. The summed E-state index contributed by atoms with van der Waals surface area (Å²) < 4.78 is 31.6. The van der Waals surface area contributed by atoms with Gasteiger partial charge in [0.15, 0.2) is 0 Å². The number of hydrogen-bond donors (Lipinski definition) is 2. The van der Waals surface area contributed by atoms with Gasteiger partial charge < -0.3 is 0 Å². The molecule has 0 amide bonds. The van der Waals surface area contributed by atoms with Crippen molar-refractivity contribution in [3.63, 3.8) is 0 Å². The minimum absolute atomic E-state index is 0. The van der Waals surface area contributed by atoms with E-state index in [4.69, 9.17) is 17.5 Å². The van der Waals surface area contributed by atoms with Gasteiger partial charge in [0, 0.05) is 17.1 Å². The first-order valence-corrected chi connectivity index (χ1v) is 3.86. The second kappa shape index (κ2) is 8.20. The fraction of sp³-hybridized carbons (Fsp3) is 0. The van der Waals surface area contributed by atoms with Gasteiger partial charge in [-0.05, 0) is 0 Å². The van der Waals surface area contributed by atoms with Gasteiger partial charge in [-0.25, -0.2) is 0 Å². The molecule has 0 atom stereocenters. The molecule has 0 aromatic rings. The van der Waals surface area contributed by atoms with Crippen LogP contribution in [0.3, 0.4) is 0 Å². The Morgan fingerprint density at radius 2 is 1.25 bits per heavy atom. The number of halogens is 1. The average Bonchev–Trinajstić information content (AvgIpc) is 1.36. The molecule has 4 nitrogen and oxygen atoms in total. The Kier molecular flexibility index (Phi) is 16.5. The van der Waals surface area contributed by atoms with Gasteiger partial charge in [-0.1, -0.05) is 0 Å². The van der Waals surface area contributed by atoms with Crippen molar-refractivity contribution in [2.24, 2.45) is 0 Å². The van der Waals surface area contributed by atoms with Crippen molar-refractivity contribution >= 4 is 20.5 Å². The van der Waals surface area contributed by atoms with E-state index in [1.54, 1.807) is 0 Å². The van der Waals surface area contributed by atoms with E-state index in [2.05, 4.69) is 25.2 Å². The predicted octanol–water partition coefficient (Wildman–Crippen LogP) is 0.0317. The monoisotopic (exact) mass is 244 g/mol. The molecule has 0 unspecified atom stereocenters. The Morgan fingerprint density at radius 1 is 1.25 bits per heavy atom. The van der Waals surface area contributed by atoms with E-state index in [0.29, 0.717) is 0 Å². The minimum atomic E-state index is -4.67. The van der Waals surface area contributed by atoms with Crippen molar-refractivity contribution in [1.29, 1.82) is 0 Å². The molecule has 0 radical (unpaired) electrons. The molecule has 0 aliphatic heterocycles. The fourth-order valence-corrected chi connectivity index (χ4v) is 0. The van der Waals surface area contributed by atoms with Gasteiger partial charge in [0.05, 0.1) is 0 Å². The van der Waals surface area contributed by atoms with Crippen molar-refractivity contribution in [2.45, 2.75) is 0 Å². The molecule has 0 rings (SSSR count). The summed E-state index contributed by atoms with van der Waals surface area (Å²) in [5.41, 5.74) is 0. The van der Waals surface area contributed by atoms with Gasteiger partial charge in [0.2, 0.25) is 0 Å². The minimum Gasteiger partial charge on any atom is 0 e. The van der Waals surface area contributed by atoms with Gasteiger partial charge >= 0.3 is 35.6 Å². The van der Waals surface area contributed by atoms with Gasteiger partial charge in [0.1, 0.15) is 0 Å². The molecular formula is H2ClFeMnO4S. The normalized spacial score (nSPS) is 8.00. The van der Waals surface area contributed by atoms with Crippen molar-refractivity contribution < 1.29 is 49.7 Å². The van der Waals surface area contributed by atoms with Gasteiger partial charge in [-0.2, -0.15) is 8.42 Å². The van der Waals surface area contributed by atoms with Crippen molar-refractivity contribution in [3.8, 4) is 0 Å². The maximum Gasteiger partial charge on any atom is 0 e. The molecule has 0 spiro atoms.